The molecule has 0 N–H and O–H groups in total. The van der Waals surface area contributed by atoms with Crippen LogP contribution >= 0.6 is 11.6 Å². The lowest BCUT2D eigenvalue weighted by Gasteiger charge is -2.14. The van der Waals surface area contributed by atoms with E-state index in [1.165, 1.54) is 12.8 Å². The van der Waals surface area contributed by atoms with Crippen molar-refractivity contribution in [3.63, 3.8) is 0 Å². The van der Waals surface area contributed by atoms with Gasteiger partial charge in [0.15, 0.2) is 0 Å². The fourth-order valence-electron chi connectivity index (χ4n) is 1.91. The van der Waals surface area contributed by atoms with Crippen molar-refractivity contribution < 1.29 is 9.47 Å². The topological polar surface area (TPSA) is 60.4 Å². The molecule has 0 aromatic carbocycles. The molecule has 1 aliphatic rings. The van der Waals surface area contributed by atoms with E-state index < -0.39 is 0 Å². The summed E-state index contributed by atoms with van der Waals surface area (Å²) in [5.74, 6) is 0. The van der Waals surface area contributed by atoms with Crippen molar-refractivity contribution in [3.8, 4) is 12.0 Å². The number of nitrogens with zero attached hydrogens (tertiary/aromatic N) is 4. The number of hydrogen-bond donors (Lipinski definition) is 0. The third kappa shape index (κ3) is 4.80. The number of rotatable bonds is 7. The summed E-state index contributed by atoms with van der Waals surface area (Å²) in [6.07, 6.45) is 3.42. The molecule has 0 unspecified atom stereocenters. The van der Waals surface area contributed by atoms with Gasteiger partial charge in [-0.1, -0.05) is 6.92 Å². The van der Waals surface area contributed by atoms with Crippen LogP contribution in [-0.2, 0) is 0 Å². The third-order valence-corrected chi connectivity index (χ3v) is 3.01. The Balaban J connectivity index is 1.82. The van der Waals surface area contributed by atoms with Crippen LogP contribution in [0.15, 0.2) is 0 Å². The van der Waals surface area contributed by atoms with Crippen LogP contribution in [0.3, 0.4) is 0 Å². The Morgan fingerprint density at radius 2 is 1.68 bits per heavy atom. The Bertz CT molecular complexity index is 399. The molecular formula is C12H19ClN4O2. The van der Waals surface area contributed by atoms with Gasteiger partial charge in [-0.25, -0.2) is 0 Å². The van der Waals surface area contributed by atoms with Crippen molar-refractivity contribution in [1.29, 1.82) is 0 Å². The minimum Gasteiger partial charge on any atom is -0.463 e. The molecule has 1 aromatic heterocycles. The van der Waals surface area contributed by atoms with E-state index in [0.717, 1.165) is 26.1 Å². The number of halogens is 1. The van der Waals surface area contributed by atoms with Crippen molar-refractivity contribution in [2.45, 2.75) is 26.2 Å². The minimum absolute atomic E-state index is 0.0947. The zero-order chi connectivity index (χ0) is 13.5. The summed E-state index contributed by atoms with van der Waals surface area (Å²) in [7, 11) is 0. The first-order chi connectivity index (χ1) is 9.28. The second-order valence-corrected chi connectivity index (χ2v) is 4.75. The summed E-state index contributed by atoms with van der Waals surface area (Å²) in [5.41, 5.74) is 0. The normalized spacial score (nSPS) is 15.7. The summed E-state index contributed by atoms with van der Waals surface area (Å²) >= 11 is 5.80. The number of aromatic nitrogens is 3. The molecule has 0 aliphatic carbocycles. The molecule has 2 rings (SSSR count). The van der Waals surface area contributed by atoms with E-state index in [0.29, 0.717) is 13.2 Å². The summed E-state index contributed by atoms with van der Waals surface area (Å²) in [5, 5.41) is 0.0947. The summed E-state index contributed by atoms with van der Waals surface area (Å²) in [6, 6.07) is 0.448. The minimum atomic E-state index is 0.0947. The van der Waals surface area contributed by atoms with Crippen LogP contribution in [-0.4, -0.2) is 52.7 Å². The Labute approximate surface area is 118 Å². The van der Waals surface area contributed by atoms with Gasteiger partial charge >= 0.3 is 12.0 Å². The van der Waals surface area contributed by atoms with Crippen LogP contribution in [0.5, 0.6) is 12.0 Å². The Morgan fingerprint density at radius 1 is 1.05 bits per heavy atom. The van der Waals surface area contributed by atoms with Gasteiger partial charge in [-0.15, -0.1) is 4.98 Å². The molecule has 1 saturated heterocycles. The monoisotopic (exact) mass is 286 g/mol. The maximum absolute atomic E-state index is 5.80. The van der Waals surface area contributed by atoms with E-state index in [2.05, 4.69) is 19.9 Å². The third-order valence-electron chi connectivity index (χ3n) is 2.84. The molecule has 0 saturated carbocycles. The van der Waals surface area contributed by atoms with Gasteiger partial charge in [0.05, 0.1) is 6.61 Å². The maximum Gasteiger partial charge on any atom is 0.323 e. The Hall–Kier alpha value is -1.14. The molecular weight excluding hydrogens is 268 g/mol. The summed E-state index contributed by atoms with van der Waals surface area (Å²) in [4.78, 5) is 14.2. The first kappa shape index (κ1) is 14.3. The second kappa shape index (κ2) is 7.45. The van der Waals surface area contributed by atoms with E-state index in [9.17, 15) is 0 Å². The molecule has 1 aromatic rings. The molecule has 1 aliphatic heterocycles. The molecule has 1 fully saturated rings. The van der Waals surface area contributed by atoms with E-state index >= 15 is 0 Å². The molecule has 0 bridgehead atoms. The number of hydrogen-bond acceptors (Lipinski definition) is 6. The molecule has 6 nitrogen and oxygen atoms in total. The largest absolute Gasteiger partial charge is 0.463 e. The molecule has 0 atom stereocenters. The van der Waals surface area contributed by atoms with Gasteiger partial charge in [0.25, 0.3) is 0 Å². The Morgan fingerprint density at radius 3 is 2.32 bits per heavy atom. The van der Waals surface area contributed by atoms with Gasteiger partial charge in [0.2, 0.25) is 5.28 Å². The molecule has 2 heterocycles. The Kier molecular flexibility index (Phi) is 5.60. The van der Waals surface area contributed by atoms with Gasteiger partial charge < -0.3 is 9.47 Å². The van der Waals surface area contributed by atoms with Gasteiger partial charge in [0, 0.05) is 6.54 Å². The van der Waals surface area contributed by atoms with Crippen molar-refractivity contribution in [2.75, 3.05) is 32.8 Å². The lowest BCUT2D eigenvalue weighted by atomic mass is 10.4. The number of ether oxygens (including phenoxy) is 2. The van der Waals surface area contributed by atoms with Gasteiger partial charge in [-0.2, -0.15) is 9.97 Å². The molecule has 106 valence electrons. The second-order valence-electron chi connectivity index (χ2n) is 4.42. The molecule has 0 spiro atoms. The lowest BCUT2D eigenvalue weighted by Crippen LogP contribution is -2.25. The molecule has 7 heteroatoms. The van der Waals surface area contributed by atoms with Crippen LogP contribution < -0.4 is 9.47 Å². The quantitative estimate of drug-likeness (QED) is 0.761. The van der Waals surface area contributed by atoms with Crippen LogP contribution in [0.4, 0.5) is 0 Å². The van der Waals surface area contributed by atoms with Crippen molar-refractivity contribution in [3.05, 3.63) is 5.28 Å². The predicted molar refractivity (Wildman–Crippen MR) is 71.8 cm³/mol. The average molecular weight is 287 g/mol. The van der Waals surface area contributed by atoms with E-state index in [1.54, 1.807) is 0 Å². The standard InChI is InChI=1S/C12H19ClN4O2/c1-2-8-18-11-14-10(13)15-12(16-11)19-9-7-17-5-3-4-6-17/h2-9H2,1H3. The molecule has 19 heavy (non-hydrogen) atoms. The summed E-state index contributed by atoms with van der Waals surface area (Å²) in [6.45, 7) is 6.28. The van der Waals surface area contributed by atoms with Crippen molar-refractivity contribution >= 4 is 11.6 Å². The van der Waals surface area contributed by atoms with Gasteiger partial charge in [-0.05, 0) is 44.0 Å². The zero-order valence-corrected chi connectivity index (χ0v) is 11.9. The van der Waals surface area contributed by atoms with Gasteiger partial charge in [-0.3, -0.25) is 4.90 Å². The highest BCUT2D eigenvalue weighted by molar-refractivity contribution is 6.28. The van der Waals surface area contributed by atoms with Crippen molar-refractivity contribution in [2.24, 2.45) is 0 Å². The zero-order valence-electron chi connectivity index (χ0n) is 11.1. The van der Waals surface area contributed by atoms with E-state index in [4.69, 9.17) is 21.1 Å². The van der Waals surface area contributed by atoms with Crippen LogP contribution in [0, 0.1) is 0 Å². The highest BCUT2D eigenvalue weighted by atomic mass is 35.5. The van der Waals surface area contributed by atoms with Gasteiger partial charge in [0.1, 0.15) is 6.61 Å². The highest BCUT2D eigenvalue weighted by Gasteiger charge is 2.12. The van der Waals surface area contributed by atoms with E-state index in [-0.39, 0.29) is 17.3 Å². The van der Waals surface area contributed by atoms with Crippen LogP contribution in [0.2, 0.25) is 5.28 Å². The molecule has 0 radical (unpaired) electrons. The predicted octanol–water partition coefficient (Wildman–Crippen LogP) is 1.79. The fraction of sp³-hybridized carbons (Fsp3) is 0.750. The summed E-state index contributed by atoms with van der Waals surface area (Å²) < 4.78 is 10.8. The number of likely N-dealkylation sites (tertiary alicyclic amines) is 1. The first-order valence-electron chi connectivity index (χ1n) is 6.67. The smallest absolute Gasteiger partial charge is 0.323 e. The van der Waals surface area contributed by atoms with Crippen LogP contribution in [0.25, 0.3) is 0 Å². The maximum atomic E-state index is 5.80. The molecule has 0 amide bonds. The fourth-order valence-corrected chi connectivity index (χ4v) is 2.05. The lowest BCUT2D eigenvalue weighted by molar-refractivity contribution is 0.218. The SMILES string of the molecule is CCCOc1nc(Cl)nc(OCCN2CCCC2)n1. The average Bonchev–Trinajstić information content (AvgIpc) is 2.89. The van der Waals surface area contributed by atoms with E-state index in [1.807, 2.05) is 6.92 Å². The van der Waals surface area contributed by atoms with Crippen molar-refractivity contribution in [1.82, 2.24) is 19.9 Å². The van der Waals surface area contributed by atoms with Crippen LogP contribution in [0.1, 0.15) is 26.2 Å². The highest BCUT2D eigenvalue weighted by Crippen LogP contribution is 2.13. The first-order valence-corrected chi connectivity index (χ1v) is 7.05.